The summed E-state index contributed by atoms with van der Waals surface area (Å²) in [5, 5.41) is 0. The lowest BCUT2D eigenvalue weighted by Crippen LogP contribution is -2.47. The zero-order chi connectivity index (χ0) is 14.7. The van der Waals surface area contributed by atoms with Crippen LogP contribution in [-0.4, -0.2) is 43.4 Å². The van der Waals surface area contributed by atoms with Crippen molar-refractivity contribution >= 4 is 11.5 Å². The fourth-order valence-electron chi connectivity index (χ4n) is 3.59. The molecule has 1 aliphatic heterocycles. The van der Waals surface area contributed by atoms with Crippen LogP contribution < -0.4 is 4.90 Å². The van der Waals surface area contributed by atoms with E-state index in [0.717, 1.165) is 58.4 Å². The molecule has 114 valence electrons. The Morgan fingerprint density at radius 3 is 2.67 bits per heavy atom. The van der Waals surface area contributed by atoms with Gasteiger partial charge in [0.15, 0.2) is 0 Å². The molecule has 3 heteroatoms. The van der Waals surface area contributed by atoms with Crippen LogP contribution in [0.2, 0.25) is 0 Å². The Morgan fingerprint density at radius 2 is 2.00 bits per heavy atom. The van der Waals surface area contributed by atoms with Gasteiger partial charge in [-0.05, 0) is 50.4 Å². The van der Waals surface area contributed by atoms with Crippen molar-refractivity contribution in [3.8, 4) is 0 Å². The van der Waals surface area contributed by atoms with E-state index >= 15 is 0 Å². The molecule has 0 radical (unpaired) electrons. The summed E-state index contributed by atoms with van der Waals surface area (Å²) in [5.41, 5.74) is 2.68. The van der Waals surface area contributed by atoms with Gasteiger partial charge >= 0.3 is 0 Å². The zero-order valence-electron chi connectivity index (χ0n) is 13.1. The Bertz CT molecular complexity index is 492. The molecule has 1 heterocycles. The van der Waals surface area contributed by atoms with Crippen LogP contribution in [0.15, 0.2) is 24.3 Å². The molecular weight excluding hydrogens is 260 g/mol. The second kappa shape index (κ2) is 6.61. The number of aryl methyl sites for hydroxylation is 1. The lowest BCUT2D eigenvalue weighted by Gasteiger charge is -2.36. The summed E-state index contributed by atoms with van der Waals surface area (Å²) in [6.07, 6.45) is 4.14. The van der Waals surface area contributed by atoms with E-state index in [-0.39, 0.29) is 0 Å². The number of piperazine rings is 1. The lowest BCUT2D eigenvalue weighted by molar-refractivity contribution is -0.120. The Hall–Kier alpha value is -1.35. The molecule has 0 N–H and O–H groups in total. The van der Waals surface area contributed by atoms with Gasteiger partial charge in [0.1, 0.15) is 5.78 Å². The van der Waals surface area contributed by atoms with E-state index in [4.69, 9.17) is 0 Å². The minimum atomic E-state index is 0.361. The van der Waals surface area contributed by atoms with Gasteiger partial charge in [-0.3, -0.25) is 9.69 Å². The molecule has 21 heavy (non-hydrogen) atoms. The molecule has 1 aliphatic carbocycles. The number of Topliss-reactive ketones (excluding diaryl/α,β-unsaturated/α-hetero) is 1. The van der Waals surface area contributed by atoms with E-state index < -0.39 is 0 Å². The van der Waals surface area contributed by atoms with Gasteiger partial charge in [0.2, 0.25) is 0 Å². The molecule has 0 spiro atoms. The largest absolute Gasteiger partial charge is 0.369 e. The summed E-state index contributed by atoms with van der Waals surface area (Å²) >= 11 is 0. The van der Waals surface area contributed by atoms with Crippen LogP contribution in [0.3, 0.4) is 0 Å². The Kier molecular flexibility index (Phi) is 4.59. The number of benzene rings is 1. The van der Waals surface area contributed by atoms with Gasteiger partial charge < -0.3 is 4.90 Å². The van der Waals surface area contributed by atoms with Crippen molar-refractivity contribution in [2.24, 2.45) is 5.92 Å². The highest BCUT2D eigenvalue weighted by Crippen LogP contribution is 2.25. The predicted molar refractivity (Wildman–Crippen MR) is 86.8 cm³/mol. The molecule has 1 saturated carbocycles. The van der Waals surface area contributed by atoms with Crippen molar-refractivity contribution in [2.75, 3.05) is 37.6 Å². The van der Waals surface area contributed by atoms with Crippen molar-refractivity contribution < 1.29 is 4.79 Å². The summed E-state index contributed by atoms with van der Waals surface area (Å²) in [4.78, 5) is 16.7. The van der Waals surface area contributed by atoms with Crippen molar-refractivity contribution in [1.29, 1.82) is 0 Å². The molecule has 1 unspecified atom stereocenters. The third kappa shape index (κ3) is 3.65. The lowest BCUT2D eigenvalue weighted by atomic mass is 10.0. The van der Waals surface area contributed by atoms with Crippen LogP contribution in [0.1, 0.15) is 31.2 Å². The Balaban J connectivity index is 1.45. The van der Waals surface area contributed by atoms with Crippen molar-refractivity contribution in [1.82, 2.24) is 4.90 Å². The first-order valence-electron chi connectivity index (χ1n) is 8.29. The van der Waals surface area contributed by atoms with Crippen LogP contribution >= 0.6 is 0 Å². The van der Waals surface area contributed by atoms with E-state index in [1.54, 1.807) is 0 Å². The zero-order valence-corrected chi connectivity index (χ0v) is 13.1. The number of carbonyl (C=O) groups excluding carboxylic acids is 1. The molecule has 1 aromatic rings. The number of carbonyl (C=O) groups is 1. The molecule has 3 rings (SSSR count). The molecular formula is C18H26N2O. The number of rotatable bonds is 4. The van der Waals surface area contributed by atoms with E-state index in [9.17, 15) is 4.79 Å². The van der Waals surface area contributed by atoms with Gasteiger partial charge in [-0.2, -0.15) is 0 Å². The molecule has 1 saturated heterocycles. The SMILES string of the molecule is Cc1cccc(N2CCN(CCC3CCCC3=O)CC2)c1. The van der Waals surface area contributed by atoms with Gasteiger partial charge in [0, 0.05) is 44.2 Å². The molecule has 0 amide bonds. The topological polar surface area (TPSA) is 23.6 Å². The number of hydrogen-bond donors (Lipinski definition) is 0. The van der Waals surface area contributed by atoms with Gasteiger partial charge in [-0.25, -0.2) is 0 Å². The summed E-state index contributed by atoms with van der Waals surface area (Å²) in [5.74, 6) is 0.869. The molecule has 0 bridgehead atoms. The third-order valence-corrected chi connectivity index (χ3v) is 4.96. The molecule has 1 atom stereocenters. The normalized spacial score (nSPS) is 23.8. The van der Waals surface area contributed by atoms with E-state index in [0.29, 0.717) is 11.7 Å². The highest BCUT2D eigenvalue weighted by atomic mass is 16.1. The smallest absolute Gasteiger partial charge is 0.136 e. The maximum absolute atomic E-state index is 11.7. The van der Waals surface area contributed by atoms with E-state index in [2.05, 4.69) is 41.0 Å². The number of ketones is 1. The first kappa shape index (κ1) is 14.6. The average molecular weight is 286 g/mol. The first-order chi connectivity index (χ1) is 10.2. The molecule has 2 fully saturated rings. The van der Waals surface area contributed by atoms with Crippen molar-refractivity contribution in [3.05, 3.63) is 29.8 Å². The van der Waals surface area contributed by atoms with E-state index in [1.807, 2.05) is 0 Å². The van der Waals surface area contributed by atoms with Crippen LogP contribution in [0.4, 0.5) is 5.69 Å². The average Bonchev–Trinajstić information content (AvgIpc) is 2.91. The summed E-state index contributed by atoms with van der Waals surface area (Å²) in [6, 6.07) is 8.77. The van der Waals surface area contributed by atoms with Crippen LogP contribution in [-0.2, 0) is 4.79 Å². The Labute approximate surface area is 127 Å². The standard InChI is InChI=1S/C18H26N2O/c1-15-4-2-6-17(14-15)20-12-10-19(11-13-20)9-8-16-5-3-7-18(16)21/h2,4,6,14,16H,3,5,7-13H2,1H3. The highest BCUT2D eigenvalue weighted by Gasteiger charge is 2.25. The number of hydrogen-bond acceptors (Lipinski definition) is 3. The maximum Gasteiger partial charge on any atom is 0.136 e. The van der Waals surface area contributed by atoms with Gasteiger partial charge in [0.25, 0.3) is 0 Å². The van der Waals surface area contributed by atoms with Gasteiger partial charge in [-0.1, -0.05) is 12.1 Å². The van der Waals surface area contributed by atoms with Crippen LogP contribution in [0.25, 0.3) is 0 Å². The van der Waals surface area contributed by atoms with Gasteiger partial charge in [-0.15, -0.1) is 0 Å². The number of nitrogens with zero attached hydrogens (tertiary/aromatic N) is 2. The summed E-state index contributed by atoms with van der Waals surface area (Å²) < 4.78 is 0. The van der Waals surface area contributed by atoms with Crippen molar-refractivity contribution in [2.45, 2.75) is 32.6 Å². The fraction of sp³-hybridized carbons (Fsp3) is 0.611. The molecule has 3 nitrogen and oxygen atoms in total. The maximum atomic E-state index is 11.7. The summed E-state index contributed by atoms with van der Waals surface area (Å²) in [6.45, 7) is 7.68. The second-order valence-corrected chi connectivity index (χ2v) is 6.51. The molecule has 0 aromatic heterocycles. The minimum Gasteiger partial charge on any atom is -0.369 e. The van der Waals surface area contributed by atoms with Gasteiger partial charge in [0.05, 0.1) is 0 Å². The van der Waals surface area contributed by atoms with Crippen molar-refractivity contribution in [3.63, 3.8) is 0 Å². The Morgan fingerprint density at radius 1 is 1.19 bits per heavy atom. The summed E-state index contributed by atoms with van der Waals surface area (Å²) in [7, 11) is 0. The quantitative estimate of drug-likeness (QED) is 0.850. The van der Waals surface area contributed by atoms with E-state index in [1.165, 1.54) is 11.3 Å². The monoisotopic (exact) mass is 286 g/mol. The van der Waals surface area contributed by atoms with Crippen LogP contribution in [0.5, 0.6) is 0 Å². The highest BCUT2D eigenvalue weighted by molar-refractivity contribution is 5.82. The third-order valence-electron chi connectivity index (χ3n) is 4.96. The minimum absolute atomic E-state index is 0.361. The molecule has 2 aliphatic rings. The second-order valence-electron chi connectivity index (χ2n) is 6.51. The first-order valence-corrected chi connectivity index (χ1v) is 8.29. The number of anilines is 1. The fourth-order valence-corrected chi connectivity index (χ4v) is 3.59. The predicted octanol–water partition coefficient (Wildman–Crippen LogP) is 2.88. The van der Waals surface area contributed by atoms with Crippen LogP contribution in [0, 0.1) is 12.8 Å². The molecule has 1 aromatic carbocycles.